The van der Waals surface area contributed by atoms with Gasteiger partial charge in [0.05, 0.1) is 6.61 Å². The molecule has 0 bridgehead atoms. The van der Waals surface area contributed by atoms with E-state index in [4.69, 9.17) is 4.52 Å². The third kappa shape index (κ3) is 4.24. The third-order valence-electron chi connectivity index (χ3n) is 1.14. The minimum absolute atomic E-state index is 0.478. The van der Waals surface area contributed by atoms with E-state index in [-0.39, 0.29) is 0 Å². The van der Waals surface area contributed by atoms with Gasteiger partial charge in [0, 0.05) is 6.16 Å². The number of hydrogen-bond acceptors (Lipinski definition) is 2. The van der Waals surface area contributed by atoms with Gasteiger partial charge >= 0.3 is 0 Å². The molecule has 0 radical (unpaired) electrons. The van der Waals surface area contributed by atoms with Crippen molar-refractivity contribution in [2.24, 2.45) is 0 Å². The molecular weight excluding hydrogens is 159 g/mol. The molecule has 0 rings (SSSR count). The minimum atomic E-state index is -2.58. The van der Waals surface area contributed by atoms with Crippen LogP contribution in [0, 0.1) is 11.6 Å². The van der Waals surface area contributed by atoms with E-state index in [1.54, 1.807) is 6.92 Å². The van der Waals surface area contributed by atoms with Gasteiger partial charge in [-0.1, -0.05) is 12.8 Å². The first-order valence-electron chi connectivity index (χ1n) is 3.86. The zero-order valence-corrected chi connectivity index (χ0v) is 8.28. The van der Waals surface area contributed by atoms with E-state index in [9.17, 15) is 4.57 Å². The fraction of sp³-hybridized carbons (Fsp3) is 0.750. The molecule has 0 aliphatic rings. The molecule has 0 aliphatic heterocycles. The number of hydrogen-bond donors (Lipinski definition) is 0. The zero-order valence-electron chi connectivity index (χ0n) is 7.39. The second-order valence-electron chi connectivity index (χ2n) is 2.18. The molecule has 0 saturated carbocycles. The summed E-state index contributed by atoms with van der Waals surface area (Å²) >= 11 is 0. The van der Waals surface area contributed by atoms with Gasteiger partial charge in [-0.3, -0.25) is 4.57 Å². The van der Waals surface area contributed by atoms with E-state index >= 15 is 0 Å². The molecule has 0 aromatic heterocycles. The highest BCUT2D eigenvalue weighted by molar-refractivity contribution is 7.64. The second-order valence-corrected chi connectivity index (χ2v) is 4.45. The lowest BCUT2D eigenvalue weighted by molar-refractivity contribution is 0.341. The van der Waals surface area contributed by atoms with Crippen molar-refractivity contribution in [2.75, 3.05) is 12.8 Å². The van der Waals surface area contributed by atoms with E-state index in [2.05, 4.69) is 11.6 Å². The molecule has 0 amide bonds. The van der Waals surface area contributed by atoms with Gasteiger partial charge in [-0.15, -0.1) is 0 Å². The van der Waals surface area contributed by atoms with E-state index in [1.807, 2.05) is 13.8 Å². The maximum absolute atomic E-state index is 11.6. The predicted octanol–water partition coefficient (Wildman–Crippen LogP) is 2.69. The average Bonchev–Trinajstić information content (AvgIpc) is 1.88. The molecule has 0 aliphatic carbocycles. The molecule has 0 fully saturated rings. The summed E-state index contributed by atoms with van der Waals surface area (Å²) in [5.74, 6) is 2.64. The van der Waals surface area contributed by atoms with Crippen LogP contribution in [0.1, 0.15) is 27.2 Å². The Labute approximate surface area is 68.8 Å². The van der Waals surface area contributed by atoms with Crippen molar-refractivity contribution in [2.45, 2.75) is 27.2 Å². The van der Waals surface area contributed by atoms with Crippen LogP contribution in [0.3, 0.4) is 0 Å². The Morgan fingerprint density at radius 3 is 2.45 bits per heavy atom. The molecule has 0 aromatic rings. The Balaban J connectivity index is 4.22. The Bertz CT molecular complexity index is 190. The van der Waals surface area contributed by atoms with Crippen molar-refractivity contribution in [3.63, 3.8) is 0 Å². The van der Waals surface area contributed by atoms with E-state index in [1.165, 1.54) is 0 Å². The Kier molecular flexibility index (Phi) is 5.28. The Morgan fingerprint density at radius 1 is 1.45 bits per heavy atom. The lowest BCUT2D eigenvalue weighted by Gasteiger charge is -2.08. The zero-order chi connectivity index (χ0) is 8.74. The van der Waals surface area contributed by atoms with Crippen LogP contribution in [0.4, 0.5) is 0 Å². The molecule has 0 aromatic carbocycles. The van der Waals surface area contributed by atoms with Crippen molar-refractivity contribution in [1.82, 2.24) is 0 Å². The average molecular weight is 174 g/mol. The predicted molar refractivity (Wildman–Crippen MR) is 47.8 cm³/mol. The van der Waals surface area contributed by atoms with Crippen molar-refractivity contribution in [3.05, 3.63) is 0 Å². The quantitative estimate of drug-likeness (QED) is 0.483. The Morgan fingerprint density at radius 2 is 2.09 bits per heavy atom. The molecule has 11 heavy (non-hydrogen) atoms. The second kappa shape index (κ2) is 5.41. The molecule has 0 N–H and O–H groups in total. The van der Waals surface area contributed by atoms with Crippen molar-refractivity contribution in [3.8, 4) is 11.6 Å². The smallest absolute Gasteiger partial charge is 0.273 e. The highest BCUT2D eigenvalue weighted by atomic mass is 31.2. The minimum Gasteiger partial charge on any atom is -0.320 e. The fourth-order valence-electron chi connectivity index (χ4n) is 0.826. The number of rotatable bonds is 4. The monoisotopic (exact) mass is 174 g/mol. The van der Waals surface area contributed by atoms with Gasteiger partial charge in [0.25, 0.3) is 7.37 Å². The first-order chi connectivity index (χ1) is 5.18. The highest BCUT2D eigenvalue weighted by Gasteiger charge is 2.16. The molecule has 0 spiro atoms. The van der Waals surface area contributed by atoms with Crippen molar-refractivity contribution >= 4 is 7.37 Å². The highest BCUT2D eigenvalue weighted by Crippen LogP contribution is 2.45. The van der Waals surface area contributed by atoms with Crippen LogP contribution < -0.4 is 0 Å². The fourth-order valence-corrected chi connectivity index (χ4v) is 2.48. The van der Waals surface area contributed by atoms with E-state index in [0.29, 0.717) is 12.8 Å². The lowest BCUT2D eigenvalue weighted by Crippen LogP contribution is -1.91. The molecule has 1 unspecified atom stereocenters. The summed E-state index contributed by atoms with van der Waals surface area (Å²) in [4.78, 5) is 0. The van der Waals surface area contributed by atoms with Crippen molar-refractivity contribution in [1.29, 1.82) is 0 Å². The maximum atomic E-state index is 11.6. The van der Waals surface area contributed by atoms with E-state index in [0.717, 1.165) is 6.42 Å². The SMILES string of the molecule is CC#CP(=O)(CCC)OCC. The summed E-state index contributed by atoms with van der Waals surface area (Å²) in [5.41, 5.74) is 2.64. The molecule has 2 nitrogen and oxygen atoms in total. The summed E-state index contributed by atoms with van der Waals surface area (Å²) in [7, 11) is -2.58. The van der Waals surface area contributed by atoms with E-state index < -0.39 is 7.37 Å². The lowest BCUT2D eigenvalue weighted by atomic mass is 10.6. The van der Waals surface area contributed by atoms with Crippen LogP contribution >= 0.6 is 7.37 Å². The van der Waals surface area contributed by atoms with Crippen LogP contribution in [0.25, 0.3) is 0 Å². The summed E-state index contributed by atoms with van der Waals surface area (Å²) in [5, 5.41) is 0. The summed E-state index contributed by atoms with van der Waals surface area (Å²) in [6.45, 7) is 5.97. The third-order valence-corrected chi connectivity index (χ3v) is 3.41. The maximum Gasteiger partial charge on any atom is 0.273 e. The van der Waals surface area contributed by atoms with Crippen LogP contribution in [-0.4, -0.2) is 12.8 Å². The van der Waals surface area contributed by atoms with Crippen LogP contribution in [-0.2, 0) is 9.09 Å². The summed E-state index contributed by atoms with van der Waals surface area (Å²) in [6.07, 6.45) is 1.42. The van der Waals surface area contributed by atoms with Crippen molar-refractivity contribution < 1.29 is 9.09 Å². The largest absolute Gasteiger partial charge is 0.320 e. The van der Waals surface area contributed by atoms with Gasteiger partial charge in [-0.2, -0.15) is 0 Å². The first kappa shape index (κ1) is 10.8. The summed E-state index contributed by atoms with van der Waals surface area (Å²) in [6, 6.07) is 0. The molecular formula is C8H15O2P. The molecule has 0 heterocycles. The van der Waals surface area contributed by atoms with Gasteiger partial charge < -0.3 is 4.52 Å². The molecule has 64 valence electrons. The topological polar surface area (TPSA) is 26.3 Å². The summed E-state index contributed by atoms with van der Waals surface area (Å²) < 4.78 is 16.7. The molecule has 1 atom stereocenters. The Hall–Kier alpha value is -0.250. The molecule has 0 saturated heterocycles. The normalized spacial score (nSPS) is 14.8. The standard InChI is InChI=1S/C8H15O2P/c1-4-7-11(9,8-5-2)10-6-3/h4,6-7H2,1-3H3. The van der Waals surface area contributed by atoms with Crippen LogP contribution in [0.5, 0.6) is 0 Å². The van der Waals surface area contributed by atoms with Gasteiger partial charge in [0.15, 0.2) is 0 Å². The van der Waals surface area contributed by atoms with Crippen LogP contribution in [0.15, 0.2) is 0 Å². The van der Waals surface area contributed by atoms with Gasteiger partial charge in [0.2, 0.25) is 0 Å². The van der Waals surface area contributed by atoms with Gasteiger partial charge in [0.1, 0.15) is 0 Å². The molecule has 3 heteroatoms. The first-order valence-corrected chi connectivity index (χ1v) is 5.67. The van der Waals surface area contributed by atoms with Gasteiger partial charge in [-0.25, -0.2) is 0 Å². The van der Waals surface area contributed by atoms with Crippen LogP contribution in [0.2, 0.25) is 0 Å². The van der Waals surface area contributed by atoms with Gasteiger partial charge in [-0.05, 0) is 25.9 Å².